The van der Waals surface area contributed by atoms with Gasteiger partial charge in [-0.05, 0) is 68.4 Å². The quantitative estimate of drug-likeness (QED) is 0.814. The van der Waals surface area contributed by atoms with Crippen LogP contribution in [0.5, 0.6) is 0 Å². The molecule has 3 N–H and O–H groups in total. The Hall–Kier alpha value is -3.09. The molecule has 0 bridgehead atoms. The molecule has 4 rings (SSSR count). The third-order valence-corrected chi connectivity index (χ3v) is 6.26. The van der Waals surface area contributed by atoms with Gasteiger partial charge in [0.05, 0.1) is 11.3 Å². The molecule has 152 valence electrons. The number of rotatable bonds is 5. The molecule has 1 saturated heterocycles. The number of hydrogen-bond donors (Lipinski definition) is 2. The number of amides is 2. The maximum Gasteiger partial charge on any atom is 0.274 e. The van der Waals surface area contributed by atoms with Crippen LogP contribution >= 0.6 is 0 Å². The molecular weight excluding hydrogens is 368 g/mol. The summed E-state index contributed by atoms with van der Waals surface area (Å²) in [5.74, 6) is -0.892. The van der Waals surface area contributed by atoms with Gasteiger partial charge < -0.3 is 20.5 Å². The van der Waals surface area contributed by atoms with Crippen molar-refractivity contribution in [1.82, 2.24) is 4.57 Å². The number of carbonyl (C=O) groups is 2. The Morgan fingerprint density at radius 2 is 1.86 bits per heavy atom. The lowest BCUT2D eigenvalue weighted by Crippen LogP contribution is -2.36. The highest BCUT2D eigenvalue weighted by atomic mass is 16.2. The van der Waals surface area contributed by atoms with Crippen LogP contribution in [-0.4, -0.2) is 29.5 Å². The topological polar surface area (TPSA) is 97.4 Å². The minimum atomic E-state index is -0.525. The van der Waals surface area contributed by atoms with Crippen molar-refractivity contribution in [3.05, 3.63) is 58.0 Å². The van der Waals surface area contributed by atoms with Crippen molar-refractivity contribution in [2.24, 2.45) is 11.1 Å². The third kappa shape index (κ3) is 3.77. The van der Waals surface area contributed by atoms with Crippen molar-refractivity contribution in [3.63, 3.8) is 0 Å². The molecule has 0 unspecified atom stereocenters. The number of nitrogens with two attached hydrogens (primary N) is 1. The lowest BCUT2D eigenvalue weighted by Gasteiger charge is -2.35. The summed E-state index contributed by atoms with van der Waals surface area (Å²) in [6.45, 7) is 4.08. The lowest BCUT2D eigenvalue weighted by atomic mass is 9.92. The zero-order valence-corrected chi connectivity index (χ0v) is 16.6. The van der Waals surface area contributed by atoms with Gasteiger partial charge in [-0.15, -0.1) is 0 Å². The first kappa shape index (κ1) is 19.2. The van der Waals surface area contributed by atoms with E-state index in [4.69, 9.17) is 5.73 Å². The zero-order valence-electron chi connectivity index (χ0n) is 16.6. The number of anilines is 2. The number of piperidine rings is 1. The van der Waals surface area contributed by atoms with Crippen LogP contribution in [0.25, 0.3) is 0 Å². The second-order valence-electron chi connectivity index (χ2n) is 8.05. The van der Waals surface area contributed by atoms with Crippen LogP contribution in [0.3, 0.4) is 0 Å². The fraction of sp³-hybridized carbons (Fsp3) is 0.409. The van der Waals surface area contributed by atoms with Gasteiger partial charge in [0.2, 0.25) is 5.91 Å². The fourth-order valence-corrected chi connectivity index (χ4v) is 4.11. The number of benzene rings is 1. The Morgan fingerprint density at radius 1 is 1.14 bits per heavy atom. The van der Waals surface area contributed by atoms with E-state index in [0.717, 1.165) is 25.9 Å². The molecule has 1 saturated carbocycles. The molecule has 2 fully saturated rings. The highest BCUT2D eigenvalue weighted by Crippen LogP contribution is 2.54. The van der Waals surface area contributed by atoms with Crippen LogP contribution < -0.4 is 21.5 Å². The highest BCUT2D eigenvalue weighted by Gasteiger charge is 2.44. The molecule has 29 heavy (non-hydrogen) atoms. The first-order valence-corrected chi connectivity index (χ1v) is 10.1. The second-order valence-corrected chi connectivity index (χ2v) is 8.05. The highest BCUT2D eigenvalue weighted by molar-refractivity contribution is 6.09. The van der Waals surface area contributed by atoms with E-state index < -0.39 is 5.91 Å². The van der Waals surface area contributed by atoms with Crippen LogP contribution in [0.1, 0.15) is 53.3 Å². The number of aryl methyl sites for hydroxylation is 1. The minimum Gasteiger partial charge on any atom is -0.371 e. The largest absolute Gasteiger partial charge is 0.371 e. The summed E-state index contributed by atoms with van der Waals surface area (Å²) in [6, 6.07) is 8.20. The Bertz CT molecular complexity index is 1010. The van der Waals surface area contributed by atoms with Gasteiger partial charge in [-0.1, -0.05) is 0 Å². The average Bonchev–Trinajstić information content (AvgIpc) is 3.48. The van der Waals surface area contributed by atoms with Gasteiger partial charge >= 0.3 is 0 Å². The molecule has 1 aliphatic heterocycles. The van der Waals surface area contributed by atoms with Crippen LogP contribution in [0.15, 0.2) is 41.3 Å². The molecule has 2 heterocycles. The summed E-state index contributed by atoms with van der Waals surface area (Å²) < 4.78 is 1.53. The van der Waals surface area contributed by atoms with E-state index in [2.05, 4.69) is 10.2 Å². The number of nitrogens with zero attached hydrogens (tertiary/aromatic N) is 2. The molecule has 1 aromatic carbocycles. The molecule has 2 amide bonds. The number of primary amides is 1. The van der Waals surface area contributed by atoms with E-state index in [9.17, 15) is 14.4 Å². The van der Waals surface area contributed by atoms with Gasteiger partial charge in [-0.2, -0.15) is 0 Å². The van der Waals surface area contributed by atoms with Crippen molar-refractivity contribution < 1.29 is 9.59 Å². The molecule has 0 radical (unpaired) electrons. The van der Waals surface area contributed by atoms with E-state index in [1.165, 1.54) is 17.4 Å². The Morgan fingerprint density at radius 3 is 2.48 bits per heavy atom. The van der Waals surface area contributed by atoms with Crippen molar-refractivity contribution >= 4 is 23.2 Å². The summed E-state index contributed by atoms with van der Waals surface area (Å²) in [4.78, 5) is 39.3. The second kappa shape index (κ2) is 7.39. The van der Waals surface area contributed by atoms with Crippen LogP contribution in [0.2, 0.25) is 0 Å². The van der Waals surface area contributed by atoms with Crippen LogP contribution in [-0.2, 0) is 6.54 Å². The van der Waals surface area contributed by atoms with Crippen molar-refractivity contribution in [2.45, 2.75) is 39.2 Å². The summed E-state index contributed by atoms with van der Waals surface area (Å²) in [7, 11) is 0. The summed E-state index contributed by atoms with van der Waals surface area (Å²) in [5.41, 5.74) is 7.46. The number of nitrogens with one attached hydrogen (secondary N) is 1. The van der Waals surface area contributed by atoms with E-state index in [-0.39, 0.29) is 17.2 Å². The smallest absolute Gasteiger partial charge is 0.274 e. The molecule has 7 heteroatoms. The Kier molecular flexibility index (Phi) is 4.90. The maximum atomic E-state index is 13.0. The Balaban J connectivity index is 1.64. The predicted octanol–water partition coefficient (Wildman–Crippen LogP) is 2.60. The summed E-state index contributed by atoms with van der Waals surface area (Å²) >= 11 is 0. The van der Waals surface area contributed by atoms with Gasteiger partial charge in [0, 0.05) is 31.4 Å². The van der Waals surface area contributed by atoms with Gasteiger partial charge in [-0.3, -0.25) is 14.4 Å². The molecule has 2 aromatic rings. The molecule has 1 aromatic heterocycles. The monoisotopic (exact) mass is 394 g/mol. The first-order chi connectivity index (χ1) is 13.9. The van der Waals surface area contributed by atoms with Gasteiger partial charge in [0.1, 0.15) is 5.69 Å². The fourth-order valence-electron chi connectivity index (χ4n) is 4.11. The molecule has 1 spiro atoms. The standard InChI is InChI=1S/C22H26N4O3/c1-2-25-11-3-4-17(21(25)29)24-20(28)16-6-5-15(19(23)27)14-18(16)26-12-9-22(7-8-22)10-13-26/h3-6,11,14H,2,7-10,12-13H2,1H3,(H2,23,27)(H,24,28). The van der Waals surface area contributed by atoms with Gasteiger partial charge in [0.15, 0.2) is 0 Å². The molecule has 7 nitrogen and oxygen atoms in total. The van der Waals surface area contributed by atoms with E-state index in [0.29, 0.717) is 28.8 Å². The minimum absolute atomic E-state index is 0.236. The Labute approximate surface area is 169 Å². The molecule has 1 aliphatic carbocycles. The number of aromatic nitrogens is 1. The number of carbonyl (C=O) groups excluding carboxylic acids is 2. The van der Waals surface area contributed by atoms with Gasteiger partial charge in [0.25, 0.3) is 11.5 Å². The zero-order chi connectivity index (χ0) is 20.6. The van der Waals surface area contributed by atoms with Crippen LogP contribution in [0, 0.1) is 5.41 Å². The molecule has 2 aliphatic rings. The van der Waals surface area contributed by atoms with Crippen molar-refractivity contribution in [2.75, 3.05) is 23.3 Å². The maximum absolute atomic E-state index is 13.0. The van der Waals surface area contributed by atoms with Crippen molar-refractivity contribution in [1.29, 1.82) is 0 Å². The van der Waals surface area contributed by atoms with E-state index >= 15 is 0 Å². The van der Waals surface area contributed by atoms with Crippen molar-refractivity contribution in [3.8, 4) is 0 Å². The third-order valence-electron chi connectivity index (χ3n) is 6.26. The van der Waals surface area contributed by atoms with Crippen LogP contribution in [0.4, 0.5) is 11.4 Å². The average molecular weight is 394 g/mol. The summed E-state index contributed by atoms with van der Waals surface area (Å²) in [5, 5.41) is 2.74. The molecular formula is C22H26N4O3. The number of hydrogen-bond acceptors (Lipinski definition) is 4. The summed E-state index contributed by atoms with van der Waals surface area (Å²) in [6.07, 6.45) is 6.44. The van der Waals surface area contributed by atoms with E-state index in [1.807, 2.05) is 6.92 Å². The SMILES string of the molecule is CCn1cccc(NC(=O)c2ccc(C(N)=O)cc2N2CCC3(CC2)CC3)c1=O. The van der Waals surface area contributed by atoms with Gasteiger partial charge in [-0.25, -0.2) is 0 Å². The lowest BCUT2D eigenvalue weighted by molar-refractivity contribution is 0.0995. The normalized spacial score (nSPS) is 17.2. The number of pyridine rings is 1. The molecule has 0 atom stereocenters. The van der Waals surface area contributed by atoms with E-state index in [1.54, 1.807) is 36.5 Å². The first-order valence-electron chi connectivity index (χ1n) is 10.1. The predicted molar refractivity (Wildman–Crippen MR) is 112 cm³/mol.